The summed E-state index contributed by atoms with van der Waals surface area (Å²) in [5, 5.41) is 3.11. The Labute approximate surface area is 161 Å². The van der Waals surface area contributed by atoms with Crippen molar-refractivity contribution >= 4 is 34.0 Å². The molecule has 0 aliphatic rings. The molecule has 1 heterocycles. The van der Waals surface area contributed by atoms with Gasteiger partial charge in [-0.3, -0.25) is 4.79 Å². The molecule has 0 saturated carbocycles. The zero-order valence-electron chi connectivity index (χ0n) is 14.9. The van der Waals surface area contributed by atoms with Crippen molar-refractivity contribution in [1.29, 1.82) is 0 Å². The molecule has 1 aromatic heterocycles. The molecule has 0 bridgehead atoms. The summed E-state index contributed by atoms with van der Waals surface area (Å²) >= 11 is 1.12. The van der Waals surface area contributed by atoms with Crippen LogP contribution in [0.1, 0.15) is 33.9 Å². The van der Waals surface area contributed by atoms with E-state index in [2.05, 4.69) is 10.3 Å². The molecule has 6 nitrogen and oxygen atoms in total. The number of benzene rings is 2. The number of nitrogens with zero attached hydrogens (tertiary/aromatic N) is 1. The molecule has 0 atom stereocenters. The average molecular weight is 381 g/mol. The Balaban J connectivity index is 1.84. The highest BCUT2D eigenvalue weighted by Gasteiger charge is 2.19. The Morgan fingerprint density at radius 2 is 1.85 bits per heavy atom. The second-order valence-corrected chi connectivity index (χ2v) is 7.12. The number of carbonyl (C=O) groups excluding carboxylic acids is 2. The van der Waals surface area contributed by atoms with Crippen molar-refractivity contribution in [2.24, 2.45) is 0 Å². The van der Waals surface area contributed by atoms with Crippen LogP contribution in [0.25, 0.3) is 11.3 Å². The summed E-state index contributed by atoms with van der Waals surface area (Å²) in [5.41, 5.74) is 8.03. The van der Waals surface area contributed by atoms with E-state index >= 15 is 0 Å². The Bertz CT molecular complexity index is 968. The van der Waals surface area contributed by atoms with Gasteiger partial charge in [0.1, 0.15) is 4.88 Å². The third-order valence-corrected chi connectivity index (χ3v) is 4.48. The molecule has 138 valence electrons. The van der Waals surface area contributed by atoms with Crippen molar-refractivity contribution in [3.8, 4) is 11.3 Å². The number of hydrogen-bond donors (Lipinski definition) is 2. The number of esters is 1. The minimum atomic E-state index is -0.437. The van der Waals surface area contributed by atoms with Gasteiger partial charge in [-0.1, -0.05) is 47.7 Å². The minimum Gasteiger partial charge on any atom is -0.459 e. The SMILES string of the molecule is CC(C)OC(=O)c1cccc(NC(=O)c2sc(N)nc2-c2ccccc2)c1. The molecule has 2 aromatic carbocycles. The van der Waals surface area contributed by atoms with Crippen LogP contribution >= 0.6 is 11.3 Å². The second kappa shape index (κ2) is 8.01. The van der Waals surface area contributed by atoms with Crippen molar-refractivity contribution in [2.45, 2.75) is 20.0 Å². The summed E-state index contributed by atoms with van der Waals surface area (Å²) in [4.78, 5) is 29.5. The smallest absolute Gasteiger partial charge is 0.338 e. The molecule has 0 saturated heterocycles. The summed E-state index contributed by atoms with van der Waals surface area (Å²) in [6, 6.07) is 16.0. The summed E-state index contributed by atoms with van der Waals surface area (Å²) in [5.74, 6) is -0.773. The van der Waals surface area contributed by atoms with Crippen molar-refractivity contribution < 1.29 is 14.3 Å². The number of aromatic nitrogens is 1. The summed E-state index contributed by atoms with van der Waals surface area (Å²) in [6.45, 7) is 3.56. The molecule has 27 heavy (non-hydrogen) atoms. The van der Waals surface area contributed by atoms with E-state index in [0.717, 1.165) is 16.9 Å². The number of thiazole rings is 1. The zero-order valence-corrected chi connectivity index (χ0v) is 15.7. The number of nitrogen functional groups attached to an aromatic ring is 1. The first-order valence-electron chi connectivity index (χ1n) is 8.38. The number of amides is 1. The minimum absolute atomic E-state index is 0.218. The fourth-order valence-corrected chi connectivity index (χ4v) is 3.23. The lowest BCUT2D eigenvalue weighted by Crippen LogP contribution is -2.14. The number of nitrogens with two attached hydrogens (primary N) is 1. The van der Waals surface area contributed by atoms with Crippen LogP contribution in [0.5, 0.6) is 0 Å². The Kier molecular flexibility index (Phi) is 5.52. The number of carbonyl (C=O) groups is 2. The highest BCUT2D eigenvalue weighted by molar-refractivity contribution is 7.17. The molecule has 0 aliphatic heterocycles. The maximum atomic E-state index is 12.8. The predicted molar refractivity (Wildman–Crippen MR) is 107 cm³/mol. The van der Waals surface area contributed by atoms with Crippen molar-refractivity contribution in [3.63, 3.8) is 0 Å². The van der Waals surface area contributed by atoms with E-state index in [4.69, 9.17) is 10.5 Å². The van der Waals surface area contributed by atoms with Crippen LogP contribution in [0.4, 0.5) is 10.8 Å². The van der Waals surface area contributed by atoms with E-state index < -0.39 is 5.97 Å². The van der Waals surface area contributed by atoms with Gasteiger partial charge in [-0.25, -0.2) is 9.78 Å². The highest BCUT2D eigenvalue weighted by Crippen LogP contribution is 2.30. The third kappa shape index (κ3) is 4.51. The van der Waals surface area contributed by atoms with Gasteiger partial charge >= 0.3 is 5.97 Å². The van der Waals surface area contributed by atoms with E-state index in [-0.39, 0.29) is 12.0 Å². The Morgan fingerprint density at radius 1 is 1.11 bits per heavy atom. The maximum Gasteiger partial charge on any atom is 0.338 e. The van der Waals surface area contributed by atoms with Crippen LogP contribution < -0.4 is 11.1 Å². The van der Waals surface area contributed by atoms with E-state index in [0.29, 0.717) is 27.0 Å². The maximum absolute atomic E-state index is 12.8. The van der Waals surface area contributed by atoms with Crippen LogP contribution in [0.3, 0.4) is 0 Å². The third-order valence-electron chi connectivity index (χ3n) is 3.60. The monoisotopic (exact) mass is 381 g/mol. The molecular formula is C20H19N3O3S. The van der Waals surface area contributed by atoms with Crippen molar-refractivity contribution in [2.75, 3.05) is 11.1 Å². The lowest BCUT2D eigenvalue weighted by atomic mass is 10.1. The van der Waals surface area contributed by atoms with Gasteiger partial charge in [-0.05, 0) is 32.0 Å². The van der Waals surface area contributed by atoms with Gasteiger partial charge in [0.2, 0.25) is 0 Å². The van der Waals surface area contributed by atoms with E-state index in [1.807, 2.05) is 30.3 Å². The van der Waals surface area contributed by atoms with Crippen LogP contribution in [0.2, 0.25) is 0 Å². The molecule has 1 amide bonds. The molecule has 0 spiro atoms. The molecule has 0 aliphatic carbocycles. The average Bonchev–Trinajstić information content (AvgIpc) is 3.04. The number of rotatable bonds is 5. The van der Waals surface area contributed by atoms with Gasteiger partial charge in [0.15, 0.2) is 5.13 Å². The van der Waals surface area contributed by atoms with Crippen LogP contribution in [-0.2, 0) is 4.74 Å². The Hall–Kier alpha value is -3.19. The fourth-order valence-electron chi connectivity index (χ4n) is 2.48. The van der Waals surface area contributed by atoms with Gasteiger partial charge in [0, 0.05) is 11.3 Å². The molecule has 3 rings (SSSR count). The van der Waals surface area contributed by atoms with Gasteiger partial charge in [0.25, 0.3) is 5.91 Å². The Morgan fingerprint density at radius 3 is 2.56 bits per heavy atom. The summed E-state index contributed by atoms with van der Waals surface area (Å²) in [6.07, 6.45) is -0.218. The van der Waals surface area contributed by atoms with Crippen molar-refractivity contribution in [3.05, 3.63) is 65.0 Å². The van der Waals surface area contributed by atoms with Crippen molar-refractivity contribution in [1.82, 2.24) is 4.98 Å². The molecule has 0 unspecified atom stereocenters. The molecule has 0 radical (unpaired) electrons. The van der Waals surface area contributed by atoms with Gasteiger partial charge in [-0.15, -0.1) is 0 Å². The van der Waals surface area contributed by atoms with Gasteiger partial charge < -0.3 is 15.8 Å². The largest absolute Gasteiger partial charge is 0.459 e. The number of anilines is 2. The predicted octanol–water partition coefficient (Wildman–Crippen LogP) is 4.21. The summed E-state index contributed by atoms with van der Waals surface area (Å²) in [7, 11) is 0. The molecule has 3 N–H and O–H groups in total. The lowest BCUT2D eigenvalue weighted by Gasteiger charge is -2.10. The van der Waals surface area contributed by atoms with E-state index in [1.165, 1.54) is 0 Å². The van der Waals surface area contributed by atoms with Crippen LogP contribution in [-0.4, -0.2) is 23.0 Å². The molecule has 7 heteroatoms. The normalized spacial score (nSPS) is 10.6. The van der Waals surface area contributed by atoms with Crippen LogP contribution in [0.15, 0.2) is 54.6 Å². The highest BCUT2D eigenvalue weighted by atomic mass is 32.1. The quantitative estimate of drug-likeness (QED) is 0.646. The lowest BCUT2D eigenvalue weighted by molar-refractivity contribution is 0.0378. The zero-order chi connectivity index (χ0) is 19.4. The first kappa shape index (κ1) is 18.6. The molecular weight excluding hydrogens is 362 g/mol. The van der Waals surface area contributed by atoms with E-state index in [1.54, 1.807) is 38.1 Å². The fraction of sp³-hybridized carbons (Fsp3) is 0.150. The summed E-state index contributed by atoms with van der Waals surface area (Å²) < 4.78 is 5.19. The number of nitrogens with one attached hydrogen (secondary N) is 1. The first-order chi connectivity index (χ1) is 12.9. The standard InChI is InChI=1S/C20H19N3O3S/c1-12(2)26-19(25)14-9-6-10-15(11-14)22-18(24)17-16(23-20(21)27-17)13-7-4-3-5-8-13/h3-12H,1-2H3,(H2,21,23)(H,22,24). The number of hydrogen-bond acceptors (Lipinski definition) is 6. The van der Waals surface area contributed by atoms with Gasteiger partial charge in [-0.2, -0.15) is 0 Å². The topological polar surface area (TPSA) is 94.3 Å². The molecule has 3 aromatic rings. The first-order valence-corrected chi connectivity index (χ1v) is 9.20. The molecule has 0 fully saturated rings. The van der Waals surface area contributed by atoms with Gasteiger partial charge in [0.05, 0.1) is 17.4 Å². The van der Waals surface area contributed by atoms with Crippen LogP contribution in [0, 0.1) is 0 Å². The second-order valence-electron chi connectivity index (χ2n) is 6.08. The number of ether oxygens (including phenoxy) is 1. The van der Waals surface area contributed by atoms with E-state index in [9.17, 15) is 9.59 Å².